The first-order valence-corrected chi connectivity index (χ1v) is 6.84. The molecular formula is C15H19NO6. The molecule has 0 bridgehead atoms. The lowest BCUT2D eigenvalue weighted by Gasteiger charge is -2.29. The monoisotopic (exact) mass is 309 g/mol. The second-order valence-electron chi connectivity index (χ2n) is 5.90. The third-order valence-electron chi connectivity index (χ3n) is 2.97. The van der Waals surface area contributed by atoms with Gasteiger partial charge in [0.2, 0.25) is 6.79 Å². The van der Waals surface area contributed by atoms with Crippen molar-refractivity contribution >= 4 is 17.7 Å². The SMILES string of the molecule is C[C@@H](C(=O)O)N(C(=O)OC(C)(C)C)c1ccc2c(c1)OCO2. The van der Waals surface area contributed by atoms with Crippen LogP contribution in [-0.2, 0) is 9.53 Å². The van der Waals surface area contributed by atoms with Crippen LogP contribution in [0.1, 0.15) is 27.7 Å². The zero-order valence-corrected chi connectivity index (χ0v) is 13.0. The molecule has 0 spiro atoms. The molecule has 1 heterocycles. The number of nitrogens with zero attached hydrogens (tertiary/aromatic N) is 1. The van der Waals surface area contributed by atoms with Crippen molar-refractivity contribution in [3.05, 3.63) is 18.2 Å². The molecule has 120 valence electrons. The van der Waals surface area contributed by atoms with Crippen LogP contribution >= 0.6 is 0 Å². The van der Waals surface area contributed by atoms with E-state index in [4.69, 9.17) is 14.2 Å². The van der Waals surface area contributed by atoms with E-state index in [0.717, 1.165) is 4.90 Å². The van der Waals surface area contributed by atoms with Crippen LogP contribution in [-0.4, -0.2) is 35.6 Å². The molecule has 0 aliphatic carbocycles. The number of benzene rings is 1. The number of fused-ring (bicyclic) bond motifs is 1. The van der Waals surface area contributed by atoms with Crippen LogP contribution in [0.5, 0.6) is 11.5 Å². The van der Waals surface area contributed by atoms with Crippen LogP contribution < -0.4 is 14.4 Å². The van der Waals surface area contributed by atoms with Gasteiger partial charge in [0, 0.05) is 6.07 Å². The molecule has 1 aliphatic heterocycles. The van der Waals surface area contributed by atoms with E-state index in [1.54, 1.807) is 39.0 Å². The summed E-state index contributed by atoms with van der Waals surface area (Å²) >= 11 is 0. The zero-order chi connectivity index (χ0) is 16.5. The van der Waals surface area contributed by atoms with Crippen molar-refractivity contribution in [3.8, 4) is 11.5 Å². The van der Waals surface area contributed by atoms with E-state index >= 15 is 0 Å². The van der Waals surface area contributed by atoms with Crippen LogP contribution in [0.15, 0.2) is 18.2 Å². The lowest BCUT2D eigenvalue weighted by Crippen LogP contribution is -2.46. The molecule has 0 unspecified atom stereocenters. The Hall–Kier alpha value is -2.44. The van der Waals surface area contributed by atoms with Crippen molar-refractivity contribution in [3.63, 3.8) is 0 Å². The third-order valence-corrected chi connectivity index (χ3v) is 2.97. The number of carbonyl (C=O) groups is 2. The summed E-state index contributed by atoms with van der Waals surface area (Å²) in [5, 5.41) is 9.25. The van der Waals surface area contributed by atoms with Crippen molar-refractivity contribution in [2.75, 3.05) is 11.7 Å². The Morgan fingerprint density at radius 1 is 1.27 bits per heavy atom. The molecule has 22 heavy (non-hydrogen) atoms. The molecule has 0 fully saturated rings. The maximum atomic E-state index is 12.4. The van der Waals surface area contributed by atoms with E-state index in [2.05, 4.69) is 0 Å². The summed E-state index contributed by atoms with van der Waals surface area (Å²) in [4.78, 5) is 24.8. The highest BCUT2D eigenvalue weighted by atomic mass is 16.7. The number of anilines is 1. The Morgan fingerprint density at radius 2 is 1.91 bits per heavy atom. The Labute approximate surface area is 128 Å². The van der Waals surface area contributed by atoms with Crippen LogP contribution in [0.3, 0.4) is 0 Å². The maximum Gasteiger partial charge on any atom is 0.415 e. The van der Waals surface area contributed by atoms with Gasteiger partial charge >= 0.3 is 12.1 Å². The standard InChI is InChI=1S/C15H19NO6/c1-9(13(17)18)16(14(19)22-15(2,3)4)10-5-6-11-12(7-10)21-8-20-11/h5-7,9H,8H2,1-4H3,(H,17,18)/t9-/m0/s1. The average Bonchev–Trinajstić information content (AvgIpc) is 2.83. The number of aliphatic carboxylic acids is 1. The lowest BCUT2D eigenvalue weighted by atomic mass is 10.2. The number of hydrogen-bond donors (Lipinski definition) is 1. The minimum absolute atomic E-state index is 0.0969. The summed E-state index contributed by atoms with van der Waals surface area (Å²) in [5.41, 5.74) is -0.363. The van der Waals surface area contributed by atoms with Gasteiger partial charge in [-0.05, 0) is 39.8 Å². The largest absolute Gasteiger partial charge is 0.480 e. The highest BCUT2D eigenvalue weighted by Crippen LogP contribution is 2.36. The van der Waals surface area contributed by atoms with Gasteiger partial charge in [-0.15, -0.1) is 0 Å². The normalized spacial score (nSPS) is 14.4. The smallest absolute Gasteiger partial charge is 0.415 e. The summed E-state index contributed by atoms with van der Waals surface area (Å²) in [6, 6.07) is 3.70. The predicted octanol–water partition coefficient (Wildman–Crippen LogP) is 2.63. The van der Waals surface area contributed by atoms with Gasteiger partial charge in [-0.2, -0.15) is 0 Å². The van der Waals surface area contributed by atoms with Crippen molar-refractivity contribution in [1.29, 1.82) is 0 Å². The third kappa shape index (κ3) is 3.41. The first-order chi connectivity index (χ1) is 10.2. The molecule has 0 aromatic heterocycles. The number of hydrogen-bond acceptors (Lipinski definition) is 5. The molecule has 1 atom stereocenters. The summed E-state index contributed by atoms with van der Waals surface area (Å²) in [7, 11) is 0. The fourth-order valence-electron chi connectivity index (χ4n) is 1.94. The molecular weight excluding hydrogens is 290 g/mol. The van der Waals surface area contributed by atoms with E-state index in [9.17, 15) is 14.7 Å². The molecule has 2 rings (SSSR count). The van der Waals surface area contributed by atoms with E-state index in [-0.39, 0.29) is 6.79 Å². The molecule has 1 N–H and O–H groups in total. The predicted molar refractivity (Wildman–Crippen MR) is 78.4 cm³/mol. The van der Waals surface area contributed by atoms with Crippen LogP contribution in [0.25, 0.3) is 0 Å². The van der Waals surface area contributed by atoms with Crippen molar-refractivity contribution < 1.29 is 28.9 Å². The topological polar surface area (TPSA) is 85.3 Å². The fourth-order valence-corrected chi connectivity index (χ4v) is 1.94. The van der Waals surface area contributed by atoms with Gasteiger partial charge in [-0.1, -0.05) is 0 Å². The van der Waals surface area contributed by atoms with Gasteiger partial charge in [0.05, 0.1) is 5.69 Å². The second kappa shape index (κ2) is 5.75. The summed E-state index contributed by atoms with van der Waals surface area (Å²) < 4.78 is 15.8. The Morgan fingerprint density at radius 3 is 2.50 bits per heavy atom. The number of rotatable bonds is 3. The van der Waals surface area contributed by atoms with Gasteiger partial charge in [-0.3, -0.25) is 4.90 Å². The van der Waals surface area contributed by atoms with E-state index in [0.29, 0.717) is 17.2 Å². The minimum Gasteiger partial charge on any atom is -0.480 e. The summed E-state index contributed by atoms with van der Waals surface area (Å²) in [5.74, 6) is -0.122. The second-order valence-corrected chi connectivity index (χ2v) is 5.90. The van der Waals surface area contributed by atoms with E-state index in [1.165, 1.54) is 6.92 Å². The van der Waals surface area contributed by atoms with E-state index in [1.807, 2.05) is 0 Å². The fraction of sp³-hybridized carbons (Fsp3) is 0.467. The number of carboxylic acids is 1. The Bertz CT molecular complexity index is 592. The number of ether oxygens (including phenoxy) is 3. The summed E-state index contributed by atoms with van der Waals surface area (Å²) in [6.45, 7) is 6.66. The Kier molecular flexibility index (Phi) is 4.16. The van der Waals surface area contributed by atoms with Crippen LogP contribution in [0.2, 0.25) is 0 Å². The van der Waals surface area contributed by atoms with Gasteiger partial charge in [0.1, 0.15) is 11.6 Å². The highest BCUT2D eigenvalue weighted by Gasteiger charge is 2.32. The molecule has 0 saturated heterocycles. The van der Waals surface area contributed by atoms with Crippen molar-refractivity contribution in [2.24, 2.45) is 0 Å². The molecule has 7 heteroatoms. The molecule has 0 radical (unpaired) electrons. The van der Waals surface area contributed by atoms with Crippen LogP contribution in [0, 0.1) is 0 Å². The molecule has 0 saturated carbocycles. The minimum atomic E-state index is -1.14. The summed E-state index contributed by atoms with van der Waals surface area (Å²) in [6.07, 6.45) is -0.735. The molecule has 1 aromatic carbocycles. The van der Waals surface area contributed by atoms with Crippen LogP contribution in [0.4, 0.5) is 10.5 Å². The number of amides is 1. The molecule has 1 aromatic rings. The van der Waals surface area contributed by atoms with Gasteiger partial charge < -0.3 is 19.3 Å². The molecule has 1 amide bonds. The van der Waals surface area contributed by atoms with Gasteiger partial charge in [0.15, 0.2) is 11.5 Å². The average molecular weight is 309 g/mol. The quantitative estimate of drug-likeness (QED) is 0.924. The van der Waals surface area contributed by atoms with Crippen molar-refractivity contribution in [1.82, 2.24) is 0 Å². The van der Waals surface area contributed by atoms with Crippen molar-refractivity contribution in [2.45, 2.75) is 39.3 Å². The molecule has 1 aliphatic rings. The first-order valence-electron chi connectivity index (χ1n) is 6.84. The number of carbonyl (C=O) groups excluding carboxylic acids is 1. The highest BCUT2D eigenvalue weighted by molar-refractivity contribution is 5.95. The van der Waals surface area contributed by atoms with E-state index < -0.39 is 23.7 Å². The Balaban J connectivity index is 2.36. The van der Waals surface area contributed by atoms with Gasteiger partial charge in [0.25, 0.3) is 0 Å². The molecule has 7 nitrogen and oxygen atoms in total. The first kappa shape index (κ1) is 15.9. The maximum absolute atomic E-state index is 12.4. The zero-order valence-electron chi connectivity index (χ0n) is 13.0. The number of carboxylic acid groups (broad SMARTS) is 1. The van der Waals surface area contributed by atoms with Gasteiger partial charge in [-0.25, -0.2) is 9.59 Å². The lowest BCUT2D eigenvalue weighted by molar-refractivity contribution is -0.138.